The zero-order valence-corrected chi connectivity index (χ0v) is 24.3. The van der Waals surface area contributed by atoms with Crippen molar-refractivity contribution in [2.24, 2.45) is 7.05 Å². The molecule has 3 heterocycles. The molecule has 0 amide bonds. The van der Waals surface area contributed by atoms with Crippen LogP contribution in [0.3, 0.4) is 0 Å². The normalized spacial score (nSPS) is 11.2. The second kappa shape index (κ2) is 11.9. The van der Waals surface area contributed by atoms with E-state index < -0.39 is 10.1 Å². The smallest absolute Gasteiger partial charge is 0.309 e. The number of benzene rings is 3. The van der Waals surface area contributed by atoms with Crippen LogP contribution in [-0.4, -0.2) is 36.0 Å². The van der Waals surface area contributed by atoms with Gasteiger partial charge in [0.15, 0.2) is 16.6 Å². The monoisotopic (exact) mass is 580 g/mol. The van der Waals surface area contributed by atoms with Gasteiger partial charge in [0, 0.05) is 12.7 Å². The highest BCUT2D eigenvalue weighted by Gasteiger charge is 2.27. The number of anilines is 1. The molecule has 3 aromatic heterocycles. The molecule has 212 valence electrons. The number of nitriles is 1. The first-order valence-corrected chi connectivity index (χ1v) is 14.7. The average Bonchev–Trinajstić information content (AvgIpc) is 3.30. The summed E-state index contributed by atoms with van der Waals surface area (Å²) < 4.78 is 39.0. The second-order valence-electron chi connectivity index (χ2n) is 9.76. The number of ether oxygens (including phenoxy) is 1. The number of aromatic nitrogens is 3. The topological polar surface area (TPSA) is 121 Å². The molecule has 0 unspecified atom stereocenters. The summed E-state index contributed by atoms with van der Waals surface area (Å²) >= 11 is 0. The van der Waals surface area contributed by atoms with Gasteiger partial charge in [0.2, 0.25) is 5.65 Å². The molecule has 0 bridgehead atoms. The van der Waals surface area contributed by atoms with Gasteiger partial charge in [-0.05, 0) is 67.4 Å². The van der Waals surface area contributed by atoms with E-state index in [4.69, 9.17) is 9.29 Å². The Morgan fingerprint density at radius 2 is 1.81 bits per heavy atom. The highest BCUT2D eigenvalue weighted by molar-refractivity contribution is 7.85. The van der Waals surface area contributed by atoms with Crippen molar-refractivity contribution in [3.63, 3.8) is 0 Å². The maximum absolute atomic E-state index is 10.5. The van der Waals surface area contributed by atoms with Crippen LogP contribution in [0.1, 0.15) is 16.7 Å². The third kappa shape index (κ3) is 5.61. The Balaban J connectivity index is 0.000000271. The number of hydrogen-bond donors (Lipinski definition) is 2. The van der Waals surface area contributed by atoms with E-state index in [2.05, 4.69) is 43.5 Å². The molecule has 6 aromatic rings. The van der Waals surface area contributed by atoms with E-state index in [9.17, 15) is 13.7 Å². The zero-order chi connectivity index (χ0) is 29.9. The summed E-state index contributed by atoms with van der Waals surface area (Å²) in [5.74, 6) is 0.846. The van der Waals surface area contributed by atoms with Gasteiger partial charge < -0.3 is 10.1 Å². The molecule has 0 radical (unpaired) electrons. The molecule has 10 heteroatoms. The fourth-order valence-corrected chi connectivity index (χ4v) is 5.47. The van der Waals surface area contributed by atoms with Crippen LogP contribution >= 0.6 is 0 Å². The van der Waals surface area contributed by atoms with Gasteiger partial charge in [-0.1, -0.05) is 42.0 Å². The Hall–Kier alpha value is -4.98. The summed E-state index contributed by atoms with van der Waals surface area (Å²) in [5, 5.41) is 14.6. The maximum atomic E-state index is 10.5. The van der Waals surface area contributed by atoms with Crippen LogP contribution in [0.15, 0.2) is 96.0 Å². The molecule has 0 atom stereocenters. The lowest BCUT2D eigenvalue weighted by Gasteiger charge is -2.11. The van der Waals surface area contributed by atoms with Crippen LogP contribution < -0.4 is 14.6 Å². The van der Waals surface area contributed by atoms with Gasteiger partial charge in [-0.25, -0.2) is 9.55 Å². The van der Waals surface area contributed by atoms with E-state index in [0.29, 0.717) is 12.1 Å². The van der Waals surface area contributed by atoms with Crippen molar-refractivity contribution >= 4 is 43.5 Å². The zero-order valence-electron chi connectivity index (χ0n) is 23.4. The molecule has 6 rings (SSSR count). The summed E-state index contributed by atoms with van der Waals surface area (Å²) in [6.07, 6.45) is 2.60. The molecule has 0 saturated carbocycles. The van der Waals surface area contributed by atoms with Crippen LogP contribution in [-0.2, 0) is 23.6 Å². The predicted molar refractivity (Wildman–Crippen MR) is 162 cm³/mol. The molecular formula is C32H30N5O4S+. The van der Waals surface area contributed by atoms with Crippen LogP contribution in [0.25, 0.3) is 27.7 Å². The largest absolute Gasteiger partial charge is 0.497 e. The third-order valence-electron chi connectivity index (χ3n) is 7.04. The second-order valence-corrected chi connectivity index (χ2v) is 11.2. The van der Waals surface area contributed by atoms with Crippen LogP contribution in [0.4, 0.5) is 5.69 Å². The van der Waals surface area contributed by atoms with E-state index in [0.717, 1.165) is 51.1 Å². The number of para-hydroxylation sites is 2. The Bertz CT molecular complexity index is 2060. The van der Waals surface area contributed by atoms with E-state index >= 15 is 0 Å². The summed E-state index contributed by atoms with van der Waals surface area (Å²) in [4.78, 5) is 4.61. The molecule has 0 aliphatic carbocycles. The quantitative estimate of drug-likeness (QED) is 0.204. The lowest BCUT2D eigenvalue weighted by molar-refractivity contribution is -0.618. The lowest BCUT2D eigenvalue weighted by atomic mass is 10.1. The van der Waals surface area contributed by atoms with Crippen molar-refractivity contribution < 1.29 is 22.3 Å². The molecular weight excluding hydrogens is 550 g/mol. The molecule has 0 fully saturated rings. The maximum Gasteiger partial charge on any atom is 0.309 e. The standard InChI is InChI=1S/C25H21N5O.C7H8O3S/c1-29-21-10-3-4-11-22(21)30-24-19(9-6-13-28-24)23(20(16-26)25(29)30)27-14-12-17-7-5-8-18(15-17)31-2;1-6-2-4-7(5-3-6)11(8,9)10/h3-11,13,15H,12,14H2,1-2H3;2-5H,1H3,(H,8,9,10)/p+1. The number of pyridine rings is 2. The molecule has 0 saturated heterocycles. The van der Waals surface area contributed by atoms with Crippen molar-refractivity contribution in [3.05, 3.63) is 108 Å². The highest BCUT2D eigenvalue weighted by Crippen LogP contribution is 2.31. The van der Waals surface area contributed by atoms with Crippen molar-refractivity contribution in [2.75, 3.05) is 19.0 Å². The lowest BCUT2D eigenvalue weighted by Crippen LogP contribution is -2.28. The number of fused-ring (bicyclic) bond motifs is 5. The van der Waals surface area contributed by atoms with Gasteiger partial charge in [-0.2, -0.15) is 18.1 Å². The number of methoxy groups -OCH3 is 1. The van der Waals surface area contributed by atoms with Gasteiger partial charge in [0.1, 0.15) is 11.8 Å². The number of imidazole rings is 1. The number of rotatable bonds is 6. The van der Waals surface area contributed by atoms with Crippen molar-refractivity contribution in [2.45, 2.75) is 18.2 Å². The van der Waals surface area contributed by atoms with E-state index in [-0.39, 0.29) is 4.90 Å². The van der Waals surface area contributed by atoms with Crippen LogP contribution in [0.2, 0.25) is 0 Å². The minimum atomic E-state index is -4.02. The highest BCUT2D eigenvalue weighted by atomic mass is 32.2. The average molecular weight is 581 g/mol. The van der Waals surface area contributed by atoms with E-state index in [1.807, 2.05) is 56.4 Å². The number of nitrogens with zero attached hydrogens (tertiary/aromatic N) is 4. The Labute approximate surface area is 244 Å². The molecule has 0 aliphatic heterocycles. The molecule has 3 aromatic carbocycles. The predicted octanol–water partition coefficient (Wildman–Crippen LogP) is 5.24. The Morgan fingerprint density at radius 3 is 2.52 bits per heavy atom. The molecule has 2 N–H and O–H groups in total. The summed E-state index contributed by atoms with van der Waals surface area (Å²) in [6, 6.07) is 28.6. The fourth-order valence-electron chi connectivity index (χ4n) is 4.99. The summed E-state index contributed by atoms with van der Waals surface area (Å²) in [5.41, 5.74) is 7.31. The summed E-state index contributed by atoms with van der Waals surface area (Å²) in [6.45, 7) is 2.53. The first-order chi connectivity index (χ1) is 20.2. The van der Waals surface area contributed by atoms with Crippen molar-refractivity contribution in [3.8, 4) is 11.8 Å². The summed E-state index contributed by atoms with van der Waals surface area (Å²) in [7, 11) is -0.353. The number of hydrogen-bond acceptors (Lipinski definition) is 6. The van der Waals surface area contributed by atoms with E-state index in [1.54, 1.807) is 25.4 Å². The van der Waals surface area contributed by atoms with Crippen molar-refractivity contribution in [1.82, 2.24) is 9.38 Å². The minimum Gasteiger partial charge on any atom is -0.497 e. The Morgan fingerprint density at radius 1 is 1.05 bits per heavy atom. The Kier molecular flexibility index (Phi) is 8.06. The van der Waals surface area contributed by atoms with E-state index in [1.165, 1.54) is 17.7 Å². The van der Waals surface area contributed by atoms with Gasteiger partial charge in [-0.3, -0.25) is 4.55 Å². The molecule has 9 nitrogen and oxygen atoms in total. The number of aryl methyl sites for hydroxylation is 2. The van der Waals surface area contributed by atoms with Gasteiger partial charge in [0.05, 0.1) is 30.1 Å². The van der Waals surface area contributed by atoms with Crippen LogP contribution in [0, 0.1) is 18.3 Å². The van der Waals surface area contributed by atoms with Crippen LogP contribution in [0.5, 0.6) is 5.75 Å². The first kappa shape index (κ1) is 28.5. The van der Waals surface area contributed by atoms with Gasteiger partial charge >= 0.3 is 5.65 Å². The molecule has 0 aliphatic rings. The SMILES string of the molecule is COc1cccc(CCNc2c(C#N)c3n(c4ccccc4[n+]3C)c3ncccc23)c1.Cc1ccc(S(=O)(=O)O)cc1. The number of nitrogens with one attached hydrogen (secondary N) is 1. The fraction of sp³-hybridized carbons (Fsp3) is 0.156. The van der Waals surface area contributed by atoms with Crippen molar-refractivity contribution in [1.29, 1.82) is 5.26 Å². The molecule has 42 heavy (non-hydrogen) atoms. The molecule has 0 spiro atoms. The van der Waals surface area contributed by atoms with Gasteiger partial charge in [-0.15, -0.1) is 0 Å². The third-order valence-corrected chi connectivity index (χ3v) is 7.90. The van der Waals surface area contributed by atoms with Gasteiger partial charge in [0.25, 0.3) is 10.1 Å². The minimum absolute atomic E-state index is 0.0666. The first-order valence-electron chi connectivity index (χ1n) is 13.2.